The van der Waals surface area contributed by atoms with Crippen molar-refractivity contribution in [1.82, 2.24) is 10.6 Å². The molecule has 1 aliphatic heterocycles. The van der Waals surface area contributed by atoms with Gasteiger partial charge in [0.25, 0.3) is 5.91 Å². The Labute approximate surface area is 138 Å². The number of piperidine rings is 1. The highest BCUT2D eigenvalue weighted by atomic mass is 19.2. The van der Waals surface area contributed by atoms with Crippen LogP contribution in [0, 0.1) is 11.6 Å². The van der Waals surface area contributed by atoms with Crippen molar-refractivity contribution in [2.24, 2.45) is 0 Å². The van der Waals surface area contributed by atoms with Crippen molar-refractivity contribution in [2.45, 2.75) is 18.9 Å². The van der Waals surface area contributed by atoms with E-state index in [0.29, 0.717) is 11.3 Å². The molecule has 1 amide bonds. The fourth-order valence-corrected chi connectivity index (χ4v) is 2.59. The molecule has 0 saturated carbocycles. The van der Waals surface area contributed by atoms with Crippen molar-refractivity contribution >= 4 is 5.91 Å². The summed E-state index contributed by atoms with van der Waals surface area (Å²) in [5, 5.41) is 6.25. The van der Waals surface area contributed by atoms with E-state index in [-0.39, 0.29) is 17.7 Å². The van der Waals surface area contributed by atoms with Crippen molar-refractivity contribution < 1.29 is 18.3 Å². The average Bonchev–Trinajstić information content (AvgIpc) is 2.60. The van der Waals surface area contributed by atoms with Crippen LogP contribution in [0.15, 0.2) is 42.5 Å². The molecule has 2 N–H and O–H groups in total. The molecule has 3 rings (SSSR count). The summed E-state index contributed by atoms with van der Waals surface area (Å²) in [6.07, 6.45) is 1.84. The van der Waals surface area contributed by atoms with E-state index in [1.807, 2.05) is 0 Å². The van der Waals surface area contributed by atoms with Gasteiger partial charge in [-0.1, -0.05) is 0 Å². The normalized spacial score (nSPS) is 15.1. The van der Waals surface area contributed by atoms with Gasteiger partial charge in [0, 0.05) is 17.7 Å². The van der Waals surface area contributed by atoms with Crippen LogP contribution in [-0.4, -0.2) is 25.0 Å². The zero-order valence-corrected chi connectivity index (χ0v) is 13.0. The summed E-state index contributed by atoms with van der Waals surface area (Å²) in [5.74, 6) is -1.38. The molecule has 1 aliphatic rings. The summed E-state index contributed by atoms with van der Waals surface area (Å²) < 4.78 is 31.5. The lowest BCUT2D eigenvalue weighted by atomic mass is 10.1. The van der Waals surface area contributed by atoms with Crippen LogP contribution < -0.4 is 15.4 Å². The Morgan fingerprint density at radius 3 is 2.33 bits per heavy atom. The van der Waals surface area contributed by atoms with E-state index in [1.165, 1.54) is 6.07 Å². The molecule has 0 spiro atoms. The maximum Gasteiger partial charge on any atom is 0.251 e. The zero-order chi connectivity index (χ0) is 16.9. The maximum absolute atomic E-state index is 13.2. The van der Waals surface area contributed by atoms with Crippen LogP contribution in [0.3, 0.4) is 0 Å². The minimum atomic E-state index is -0.967. The second-order valence-electron chi connectivity index (χ2n) is 5.70. The van der Waals surface area contributed by atoms with E-state index < -0.39 is 11.6 Å². The first-order valence-electron chi connectivity index (χ1n) is 7.86. The van der Waals surface area contributed by atoms with E-state index in [4.69, 9.17) is 4.74 Å². The number of amides is 1. The van der Waals surface area contributed by atoms with E-state index in [1.54, 1.807) is 24.3 Å². The van der Waals surface area contributed by atoms with E-state index in [2.05, 4.69) is 10.6 Å². The Kier molecular flexibility index (Phi) is 5.05. The van der Waals surface area contributed by atoms with Gasteiger partial charge in [0.05, 0.1) is 0 Å². The molecule has 0 unspecified atom stereocenters. The summed E-state index contributed by atoms with van der Waals surface area (Å²) in [4.78, 5) is 12.2. The molecular weight excluding hydrogens is 314 g/mol. The van der Waals surface area contributed by atoms with E-state index >= 15 is 0 Å². The number of nitrogens with one attached hydrogen (secondary N) is 2. The number of halogens is 2. The van der Waals surface area contributed by atoms with Gasteiger partial charge in [0.2, 0.25) is 0 Å². The highest BCUT2D eigenvalue weighted by molar-refractivity contribution is 5.94. The van der Waals surface area contributed by atoms with Crippen molar-refractivity contribution in [1.29, 1.82) is 0 Å². The van der Waals surface area contributed by atoms with Crippen molar-refractivity contribution in [3.63, 3.8) is 0 Å². The number of hydrogen-bond acceptors (Lipinski definition) is 3. The Hall–Kier alpha value is -2.47. The third-order valence-corrected chi connectivity index (χ3v) is 3.92. The van der Waals surface area contributed by atoms with E-state index in [9.17, 15) is 13.6 Å². The van der Waals surface area contributed by atoms with Gasteiger partial charge in [-0.15, -0.1) is 0 Å². The van der Waals surface area contributed by atoms with Gasteiger partial charge in [-0.3, -0.25) is 4.79 Å². The van der Waals surface area contributed by atoms with Crippen LogP contribution in [0.1, 0.15) is 23.2 Å². The molecule has 1 saturated heterocycles. The molecule has 0 atom stereocenters. The lowest BCUT2D eigenvalue weighted by molar-refractivity contribution is 0.0929. The van der Waals surface area contributed by atoms with Crippen molar-refractivity contribution in [2.75, 3.05) is 13.1 Å². The summed E-state index contributed by atoms with van der Waals surface area (Å²) in [7, 11) is 0. The predicted molar refractivity (Wildman–Crippen MR) is 86.2 cm³/mol. The van der Waals surface area contributed by atoms with Gasteiger partial charge in [-0.25, -0.2) is 8.78 Å². The molecule has 2 aromatic rings. The van der Waals surface area contributed by atoms with Crippen LogP contribution in [0.4, 0.5) is 8.78 Å². The Morgan fingerprint density at radius 2 is 1.67 bits per heavy atom. The molecule has 4 nitrogen and oxygen atoms in total. The minimum absolute atomic E-state index is 0.124. The van der Waals surface area contributed by atoms with Gasteiger partial charge < -0.3 is 15.4 Å². The smallest absolute Gasteiger partial charge is 0.251 e. The zero-order valence-electron chi connectivity index (χ0n) is 13.0. The molecular formula is C18H18F2N2O2. The largest absolute Gasteiger partial charge is 0.457 e. The second kappa shape index (κ2) is 7.40. The molecule has 0 aromatic heterocycles. The fourth-order valence-electron chi connectivity index (χ4n) is 2.59. The third-order valence-electron chi connectivity index (χ3n) is 3.92. The SMILES string of the molecule is O=C(NC1CCNCC1)c1ccc(Oc2ccc(F)c(F)c2)cc1. The number of carbonyl (C=O) groups excluding carboxylic acids is 1. The molecule has 1 heterocycles. The molecule has 24 heavy (non-hydrogen) atoms. The molecule has 0 aliphatic carbocycles. The minimum Gasteiger partial charge on any atom is -0.457 e. The van der Waals surface area contributed by atoms with Gasteiger partial charge >= 0.3 is 0 Å². The maximum atomic E-state index is 13.2. The number of carbonyl (C=O) groups is 1. The average molecular weight is 332 g/mol. The van der Waals surface area contributed by atoms with Crippen LogP contribution in [-0.2, 0) is 0 Å². The molecule has 6 heteroatoms. The first-order chi connectivity index (χ1) is 11.6. The first-order valence-corrected chi connectivity index (χ1v) is 7.86. The van der Waals surface area contributed by atoms with Gasteiger partial charge in [0.1, 0.15) is 11.5 Å². The molecule has 1 fully saturated rings. The van der Waals surface area contributed by atoms with Crippen LogP contribution in [0.5, 0.6) is 11.5 Å². The summed E-state index contributed by atoms with van der Waals surface area (Å²) in [6.45, 7) is 1.82. The summed E-state index contributed by atoms with van der Waals surface area (Å²) in [5.41, 5.74) is 0.533. The lowest BCUT2D eigenvalue weighted by Gasteiger charge is -2.23. The predicted octanol–water partition coefficient (Wildman–Crippen LogP) is 3.24. The van der Waals surface area contributed by atoms with Gasteiger partial charge in [-0.2, -0.15) is 0 Å². The van der Waals surface area contributed by atoms with Crippen LogP contribution in [0.25, 0.3) is 0 Å². The number of ether oxygens (including phenoxy) is 1. The molecule has 126 valence electrons. The van der Waals surface area contributed by atoms with Gasteiger partial charge in [-0.05, 0) is 62.3 Å². The van der Waals surface area contributed by atoms with Crippen LogP contribution >= 0.6 is 0 Å². The number of rotatable bonds is 4. The molecule has 2 aromatic carbocycles. The van der Waals surface area contributed by atoms with E-state index in [0.717, 1.165) is 38.1 Å². The Balaban J connectivity index is 1.61. The Bertz CT molecular complexity index is 713. The summed E-state index contributed by atoms with van der Waals surface area (Å²) in [6, 6.07) is 10.1. The highest BCUT2D eigenvalue weighted by Crippen LogP contribution is 2.23. The number of hydrogen-bond donors (Lipinski definition) is 2. The second-order valence-corrected chi connectivity index (χ2v) is 5.70. The first kappa shape index (κ1) is 16.4. The number of benzene rings is 2. The lowest BCUT2D eigenvalue weighted by Crippen LogP contribution is -2.42. The summed E-state index contributed by atoms with van der Waals surface area (Å²) >= 11 is 0. The Morgan fingerprint density at radius 1 is 1.00 bits per heavy atom. The van der Waals surface area contributed by atoms with Crippen LogP contribution in [0.2, 0.25) is 0 Å². The quantitative estimate of drug-likeness (QED) is 0.904. The van der Waals surface area contributed by atoms with Gasteiger partial charge in [0.15, 0.2) is 11.6 Å². The van der Waals surface area contributed by atoms with Crippen molar-refractivity contribution in [3.8, 4) is 11.5 Å². The topological polar surface area (TPSA) is 50.4 Å². The van der Waals surface area contributed by atoms with Crippen molar-refractivity contribution in [3.05, 3.63) is 59.7 Å². The standard InChI is InChI=1S/C18H18F2N2O2/c19-16-6-5-15(11-17(16)20)24-14-3-1-12(2-4-14)18(23)22-13-7-9-21-10-8-13/h1-6,11,13,21H,7-10H2,(H,22,23). The monoisotopic (exact) mass is 332 g/mol. The fraction of sp³-hybridized carbons (Fsp3) is 0.278. The third kappa shape index (κ3) is 4.08. The molecule has 0 radical (unpaired) electrons. The highest BCUT2D eigenvalue weighted by Gasteiger charge is 2.16. The molecule has 0 bridgehead atoms.